The van der Waals surface area contributed by atoms with Crippen molar-refractivity contribution in [1.82, 2.24) is 26.6 Å². The number of amidine groups is 4. The quantitative estimate of drug-likeness (QED) is 0.0473. The summed E-state index contributed by atoms with van der Waals surface area (Å²) in [5.41, 5.74) is 4.76. The van der Waals surface area contributed by atoms with Crippen molar-refractivity contribution in [2.75, 3.05) is 20.1 Å². The van der Waals surface area contributed by atoms with Crippen molar-refractivity contribution in [1.29, 1.82) is 48.7 Å². The van der Waals surface area contributed by atoms with Gasteiger partial charge in [0.15, 0.2) is 26.6 Å². The molecule has 0 aliphatic rings. The van der Waals surface area contributed by atoms with Crippen LogP contribution in [0.25, 0.3) is 0 Å². The molecule has 0 saturated carbocycles. The molecule has 30 heteroatoms. The molecule has 0 aliphatic heterocycles. The first-order chi connectivity index (χ1) is 23.3. The zero-order valence-electron chi connectivity index (χ0n) is 27.3. The third-order valence-corrected chi connectivity index (χ3v) is 5.87. The highest BCUT2D eigenvalue weighted by Crippen LogP contribution is 2.04. The molecular weight excluding hydrogens is 771 g/mol. The van der Waals surface area contributed by atoms with Crippen molar-refractivity contribution in [3.05, 3.63) is 0 Å². The molecule has 0 aromatic carbocycles. The van der Waals surface area contributed by atoms with Crippen LogP contribution in [0, 0.1) is 48.7 Å². The molecule has 25 nitrogen and oxygen atoms in total. The number of thioether (sulfide) groups is 4. The van der Waals surface area contributed by atoms with Gasteiger partial charge in [-0.15, -0.1) is 0 Å². The highest BCUT2D eigenvalue weighted by Gasteiger charge is 2.05. The molecule has 0 saturated heterocycles. The van der Waals surface area contributed by atoms with Gasteiger partial charge in [-0.25, -0.2) is 26.3 Å². The summed E-state index contributed by atoms with van der Waals surface area (Å²) in [6.45, 7) is 8.96. The summed E-state index contributed by atoms with van der Waals surface area (Å²) < 4.78 is 0. The fraction of sp³-hybridized carbons (Fsp3) is 0.500. The predicted molar refractivity (Wildman–Crippen MR) is 202 cm³/mol. The zero-order valence-corrected chi connectivity index (χ0v) is 31.4. The van der Waals surface area contributed by atoms with Gasteiger partial charge >= 0.3 is 5.17 Å². The Morgan fingerprint density at radius 3 is 1.32 bits per heavy atom. The Balaban J connectivity index is -0.000000170. The first-order valence-electron chi connectivity index (χ1n) is 12.9. The van der Waals surface area contributed by atoms with Gasteiger partial charge in [0.05, 0.1) is 0 Å². The Morgan fingerprint density at radius 1 is 0.660 bits per heavy atom. The van der Waals surface area contributed by atoms with Gasteiger partial charge in [0.1, 0.15) is 0 Å². The van der Waals surface area contributed by atoms with Crippen molar-refractivity contribution in [2.24, 2.45) is 5.73 Å². The van der Waals surface area contributed by atoms with Crippen LogP contribution in [0.2, 0.25) is 0 Å². The van der Waals surface area contributed by atoms with Gasteiger partial charge in [0, 0.05) is 73.2 Å². The molecular formula is C20H45N15O10S5. The number of unbranched alkanes of at least 4 members (excludes halogenated alkanes) is 1. The van der Waals surface area contributed by atoms with E-state index in [-0.39, 0.29) is 37.8 Å². The van der Waals surface area contributed by atoms with Crippen LogP contribution in [0.15, 0.2) is 0 Å². The molecule has 0 aromatic heterocycles. The van der Waals surface area contributed by atoms with Crippen LogP contribution in [0.3, 0.4) is 0 Å². The van der Waals surface area contributed by atoms with E-state index in [9.17, 15) is 0 Å². The molecule has 21 N–H and O–H groups in total. The van der Waals surface area contributed by atoms with E-state index in [1.165, 1.54) is 0 Å². The lowest BCUT2D eigenvalue weighted by Crippen LogP contribution is -2.35. The topological polar surface area (TPSA) is 448 Å². The second-order valence-electron chi connectivity index (χ2n) is 7.52. The Labute approximate surface area is 309 Å². The van der Waals surface area contributed by atoms with Gasteiger partial charge in [0.25, 0.3) is 20.9 Å². The third kappa shape index (κ3) is 51.0. The Morgan fingerprint density at radius 2 is 1.04 bits per heavy atom. The van der Waals surface area contributed by atoms with Crippen LogP contribution >= 0.6 is 59.3 Å². The van der Waals surface area contributed by atoms with Crippen LogP contribution in [0.5, 0.6) is 0 Å². The lowest BCUT2D eigenvalue weighted by atomic mass is 10.3. The first-order valence-corrected chi connectivity index (χ1v) is 16.5. The van der Waals surface area contributed by atoms with Crippen LogP contribution in [0.1, 0.15) is 40.5 Å². The van der Waals surface area contributed by atoms with E-state index in [1.54, 1.807) is 7.05 Å². The Bertz CT molecular complexity index is 1060. The van der Waals surface area contributed by atoms with Crippen molar-refractivity contribution >= 4 is 112 Å². The normalized spacial score (nSPS) is 8.70. The van der Waals surface area contributed by atoms with E-state index >= 15 is 0 Å². The lowest BCUT2D eigenvalue weighted by molar-refractivity contribution is -0.154. The average Bonchev–Trinajstić information content (AvgIpc) is 3.04. The lowest BCUT2D eigenvalue weighted by Gasteiger charge is -2.08. The van der Waals surface area contributed by atoms with Crippen molar-refractivity contribution in [2.45, 2.75) is 46.6 Å². The second kappa shape index (κ2) is 39.6. The summed E-state index contributed by atoms with van der Waals surface area (Å²) in [7, 11) is 1.54. The van der Waals surface area contributed by atoms with Crippen LogP contribution in [-0.4, -0.2) is 105 Å². The summed E-state index contributed by atoms with van der Waals surface area (Å²) in [6.07, 6.45) is 2.04. The van der Waals surface area contributed by atoms with Crippen molar-refractivity contribution in [3.8, 4) is 0 Å². The van der Waals surface area contributed by atoms with Crippen LogP contribution in [-0.2, 0) is 24.4 Å². The van der Waals surface area contributed by atoms with Crippen LogP contribution < -0.4 is 32.3 Å². The van der Waals surface area contributed by atoms with Crippen molar-refractivity contribution < 1.29 is 50.7 Å². The number of rotatable bonds is 5. The summed E-state index contributed by atoms with van der Waals surface area (Å²) in [6, 6.07) is 0.140. The van der Waals surface area contributed by atoms with E-state index in [4.69, 9.17) is 80.7 Å². The molecule has 0 aliphatic carbocycles. The molecule has 0 fully saturated rings. The van der Waals surface area contributed by atoms with E-state index < -0.39 is 20.9 Å². The molecule has 0 unspecified atom stereocenters. The molecule has 0 spiro atoms. The maximum absolute atomic E-state index is 7.99. The molecule has 0 atom stereocenters. The zero-order chi connectivity index (χ0) is 40.1. The fourth-order valence-electron chi connectivity index (χ4n) is 1.53. The minimum atomic E-state index is -0.422. The standard InChI is InChI=1S/C6H13N3O2S.C5H11N3O2S.C4H9N3O2S.C3H7N3O2S.C2H5N3O2S/c1-2-3-4-9-5(7)12-6(8)11-10;1-3(2)8-4(6)11-5(7)10-9;1-2-7-3(5)10-4(6)9-8;1-6-2(4)9-3(5)8-7;3-1(4)5-2(8)7-6/h8,10H,2-4H2,1H3,(H2,7,9);3,7,9H,1-2H3,(H2,6,8);6,8H,2H2,1H3,(H2,5,7);5,7H,1H3,(H2,4,6);6H,(H4,3,4,5,8). The number of hydrogen-bond donors (Lipinski definition) is 20. The minimum Gasteiger partial charge on any atom is -0.370 e. The highest BCUT2D eigenvalue weighted by molar-refractivity contribution is 8.26. The third-order valence-electron chi connectivity index (χ3n) is 3.23. The van der Waals surface area contributed by atoms with Gasteiger partial charge in [-0.1, -0.05) is 13.3 Å². The predicted octanol–water partition coefficient (Wildman–Crippen LogP) is 2.78. The maximum atomic E-state index is 7.99. The molecule has 0 rings (SSSR count). The largest absolute Gasteiger partial charge is 0.370 e. The van der Waals surface area contributed by atoms with Crippen molar-refractivity contribution in [3.63, 3.8) is 0 Å². The number of nitrogens with two attached hydrogens (primary N) is 1. The van der Waals surface area contributed by atoms with Gasteiger partial charge in [-0.05, 0) is 39.4 Å². The monoisotopic (exact) mass is 815 g/mol. The van der Waals surface area contributed by atoms with Crippen LogP contribution in [0.4, 0.5) is 0 Å². The Kier molecular flexibility index (Phi) is 43.9. The van der Waals surface area contributed by atoms with E-state index in [2.05, 4.69) is 64.8 Å². The average molecular weight is 816 g/mol. The summed E-state index contributed by atoms with van der Waals surface area (Å²) >= 11 is 7.06. The minimum absolute atomic E-state index is 0.0500. The van der Waals surface area contributed by atoms with Gasteiger partial charge in [-0.3, -0.25) is 54.0 Å². The SMILES string of the molecule is CC(C)NC(=N)SC(=N)OO.CCCCNC(=N)SC(=N)OO.CCNC(=N)SC(=N)OO.CNC(=N)SC(=N)OO.N=C(N)NC(=S)OO. The summed E-state index contributed by atoms with van der Waals surface area (Å²) in [5, 5.41) is 112. The molecule has 0 amide bonds. The van der Waals surface area contributed by atoms with E-state index in [0.29, 0.717) is 48.4 Å². The molecule has 0 heterocycles. The molecule has 50 heavy (non-hydrogen) atoms. The fourth-order valence-corrected chi connectivity index (χ4v) is 3.32. The van der Waals surface area contributed by atoms with E-state index in [0.717, 1.165) is 24.6 Å². The second-order valence-corrected chi connectivity index (χ2v) is 11.8. The molecule has 0 aromatic rings. The number of guanidine groups is 1. The van der Waals surface area contributed by atoms with Gasteiger partial charge in [0.2, 0.25) is 0 Å². The first kappa shape index (κ1) is 55.5. The number of nitrogens with one attached hydrogen (secondary N) is 14. The van der Waals surface area contributed by atoms with Gasteiger partial charge in [-0.2, -0.15) is 0 Å². The van der Waals surface area contributed by atoms with E-state index in [1.807, 2.05) is 26.1 Å². The number of hydrogen-bond acceptors (Lipinski definition) is 24. The summed E-state index contributed by atoms with van der Waals surface area (Å²) in [5.74, 6) is -0.371. The maximum Gasteiger partial charge on any atom is 0.303 e. The van der Waals surface area contributed by atoms with Gasteiger partial charge < -0.3 is 51.4 Å². The Hall–Kier alpha value is -3.88. The molecule has 290 valence electrons. The highest BCUT2D eigenvalue weighted by atomic mass is 32.2. The smallest absolute Gasteiger partial charge is 0.303 e. The molecule has 0 radical (unpaired) electrons. The summed E-state index contributed by atoms with van der Waals surface area (Å²) in [4.78, 5) is 17.6. The number of thiocarbonyl (C=S) groups is 1. The molecule has 0 bridgehead atoms.